The van der Waals surface area contributed by atoms with Gasteiger partial charge in [-0.2, -0.15) is 0 Å². The number of benzene rings is 1. The Hall–Kier alpha value is -1.43. The number of hydrogen-bond acceptors (Lipinski definition) is 4. The second kappa shape index (κ2) is 5.06. The van der Waals surface area contributed by atoms with Crippen molar-refractivity contribution in [3.8, 4) is 0 Å². The van der Waals surface area contributed by atoms with E-state index in [9.17, 15) is 4.79 Å². The van der Waals surface area contributed by atoms with Crippen molar-refractivity contribution in [2.75, 3.05) is 26.0 Å². The maximum absolute atomic E-state index is 11.6. The normalized spacial score (nSPS) is 16.9. The first-order valence-electron chi connectivity index (χ1n) is 6.06. The topological polar surface area (TPSA) is 61.6 Å². The minimum Gasteiger partial charge on any atom is -0.315 e. The average Bonchev–Trinajstić information content (AvgIpc) is 2.34. The highest BCUT2D eigenvalue weighted by Crippen LogP contribution is 2.29. The van der Waals surface area contributed by atoms with E-state index in [2.05, 4.69) is 11.5 Å². The van der Waals surface area contributed by atoms with Crippen LogP contribution in [0.2, 0.25) is 0 Å². The van der Waals surface area contributed by atoms with Gasteiger partial charge in [-0.05, 0) is 37.7 Å². The fourth-order valence-electron chi connectivity index (χ4n) is 2.39. The summed E-state index contributed by atoms with van der Waals surface area (Å²) in [6.07, 6.45) is 1.37. The second-order valence-electron chi connectivity index (χ2n) is 4.87. The third-order valence-electron chi connectivity index (χ3n) is 3.44. The van der Waals surface area contributed by atoms with Crippen LogP contribution in [0.1, 0.15) is 23.7 Å². The molecule has 18 heavy (non-hydrogen) atoms. The first-order chi connectivity index (χ1) is 8.54. The monoisotopic (exact) mass is 248 g/mol. The van der Waals surface area contributed by atoms with Gasteiger partial charge in [-0.1, -0.05) is 12.1 Å². The lowest BCUT2D eigenvalue weighted by atomic mass is 9.98. The van der Waals surface area contributed by atoms with Gasteiger partial charge in [0.2, 0.25) is 5.91 Å². The largest absolute Gasteiger partial charge is 0.315 e. The molecule has 0 aromatic heterocycles. The van der Waals surface area contributed by atoms with Crippen LogP contribution in [-0.4, -0.2) is 32.0 Å². The average molecular weight is 248 g/mol. The van der Waals surface area contributed by atoms with E-state index in [4.69, 9.17) is 5.84 Å². The molecule has 1 aliphatic rings. The number of hydrogen-bond donors (Lipinski definition) is 2. The molecule has 1 aliphatic heterocycles. The number of nitrogens with one attached hydrogen (secondary N) is 1. The van der Waals surface area contributed by atoms with Crippen LogP contribution in [0, 0.1) is 0 Å². The summed E-state index contributed by atoms with van der Waals surface area (Å²) >= 11 is 0. The number of nitrogens with zero attached hydrogens (tertiary/aromatic N) is 2. The minimum absolute atomic E-state index is 0.0155. The van der Waals surface area contributed by atoms with Crippen LogP contribution in [0.4, 0.5) is 5.69 Å². The van der Waals surface area contributed by atoms with Crippen molar-refractivity contribution in [1.29, 1.82) is 0 Å². The first-order valence-corrected chi connectivity index (χ1v) is 6.06. The van der Waals surface area contributed by atoms with Gasteiger partial charge in [0.25, 0.3) is 0 Å². The van der Waals surface area contributed by atoms with Crippen LogP contribution >= 0.6 is 0 Å². The van der Waals surface area contributed by atoms with Crippen LogP contribution in [0.15, 0.2) is 18.2 Å². The highest BCUT2D eigenvalue weighted by molar-refractivity contribution is 5.95. The number of aryl methyl sites for hydroxylation is 1. The van der Waals surface area contributed by atoms with Gasteiger partial charge in [0.1, 0.15) is 0 Å². The van der Waals surface area contributed by atoms with E-state index in [0.717, 1.165) is 17.7 Å². The lowest BCUT2D eigenvalue weighted by molar-refractivity contribution is -0.118. The molecule has 2 rings (SSSR count). The Labute approximate surface area is 108 Å². The zero-order valence-electron chi connectivity index (χ0n) is 11.1. The molecule has 0 radical (unpaired) electrons. The Balaban J connectivity index is 2.36. The second-order valence-corrected chi connectivity index (χ2v) is 4.87. The van der Waals surface area contributed by atoms with Crippen molar-refractivity contribution < 1.29 is 4.79 Å². The molecular formula is C13H20N4O. The molecule has 1 amide bonds. The van der Waals surface area contributed by atoms with E-state index in [1.807, 2.05) is 38.2 Å². The molecule has 1 heterocycles. The fourth-order valence-corrected chi connectivity index (χ4v) is 2.39. The summed E-state index contributed by atoms with van der Waals surface area (Å²) in [5.74, 6) is 5.75. The number of anilines is 1. The summed E-state index contributed by atoms with van der Waals surface area (Å²) in [4.78, 5) is 15.4. The molecular weight excluding hydrogens is 228 g/mol. The fraction of sp³-hybridized carbons (Fsp3) is 0.462. The zero-order chi connectivity index (χ0) is 13.3. The molecule has 0 aliphatic carbocycles. The molecule has 3 N–H and O–H groups in total. The van der Waals surface area contributed by atoms with Crippen LogP contribution in [0.25, 0.3) is 0 Å². The Bertz CT molecular complexity index is 458. The molecule has 1 aromatic carbocycles. The van der Waals surface area contributed by atoms with E-state index in [1.165, 1.54) is 5.56 Å². The molecule has 1 unspecified atom stereocenters. The highest BCUT2D eigenvalue weighted by Gasteiger charge is 2.22. The third kappa shape index (κ3) is 2.25. The summed E-state index contributed by atoms with van der Waals surface area (Å²) < 4.78 is 0. The molecule has 5 heteroatoms. The maximum atomic E-state index is 11.6. The lowest BCUT2D eigenvalue weighted by Crippen LogP contribution is -2.38. The number of carbonyl (C=O) groups excluding carboxylic acids is 1. The minimum atomic E-state index is -0.0155. The van der Waals surface area contributed by atoms with Gasteiger partial charge in [-0.15, -0.1) is 0 Å². The van der Waals surface area contributed by atoms with E-state index in [0.29, 0.717) is 6.42 Å². The van der Waals surface area contributed by atoms with Crippen LogP contribution in [-0.2, 0) is 11.2 Å². The van der Waals surface area contributed by atoms with Gasteiger partial charge in [0, 0.05) is 19.2 Å². The Kier molecular flexibility index (Phi) is 3.65. The number of hydrazine groups is 1. The van der Waals surface area contributed by atoms with Crippen LogP contribution < -0.4 is 16.2 Å². The SMILES string of the molecule is CN1C(=O)CCc2cc(C(NN)N(C)C)ccc21. The summed E-state index contributed by atoms with van der Waals surface area (Å²) in [7, 11) is 5.77. The van der Waals surface area contributed by atoms with E-state index in [1.54, 1.807) is 4.90 Å². The van der Waals surface area contributed by atoms with E-state index < -0.39 is 0 Å². The lowest BCUT2D eigenvalue weighted by Gasteiger charge is -2.29. The van der Waals surface area contributed by atoms with Crippen molar-refractivity contribution in [2.24, 2.45) is 5.84 Å². The molecule has 1 aromatic rings. The van der Waals surface area contributed by atoms with Gasteiger partial charge in [0.05, 0.1) is 6.17 Å². The van der Waals surface area contributed by atoms with Crippen LogP contribution in [0.3, 0.4) is 0 Å². The quantitative estimate of drug-likeness (QED) is 0.467. The van der Waals surface area contributed by atoms with Crippen molar-refractivity contribution >= 4 is 11.6 Å². The Morgan fingerprint density at radius 3 is 2.72 bits per heavy atom. The molecule has 0 saturated heterocycles. The van der Waals surface area contributed by atoms with Crippen molar-refractivity contribution in [3.05, 3.63) is 29.3 Å². The summed E-state index contributed by atoms with van der Waals surface area (Å²) in [6.45, 7) is 0. The van der Waals surface area contributed by atoms with Crippen molar-refractivity contribution in [3.63, 3.8) is 0 Å². The van der Waals surface area contributed by atoms with Crippen LogP contribution in [0.5, 0.6) is 0 Å². The smallest absolute Gasteiger partial charge is 0.227 e. The van der Waals surface area contributed by atoms with Gasteiger partial charge in [0.15, 0.2) is 0 Å². The van der Waals surface area contributed by atoms with Crippen molar-refractivity contribution in [2.45, 2.75) is 19.0 Å². The molecule has 0 spiro atoms. The number of amides is 1. The standard InChI is InChI=1S/C13H20N4O/c1-16(2)13(15-14)10-4-6-11-9(8-10)5-7-12(18)17(11)3/h4,6,8,13,15H,5,7,14H2,1-3H3. The van der Waals surface area contributed by atoms with Gasteiger partial charge in [-0.3, -0.25) is 15.5 Å². The van der Waals surface area contributed by atoms with E-state index in [-0.39, 0.29) is 12.1 Å². The zero-order valence-corrected chi connectivity index (χ0v) is 11.1. The molecule has 0 bridgehead atoms. The number of rotatable bonds is 3. The highest BCUT2D eigenvalue weighted by atomic mass is 16.2. The molecule has 98 valence electrons. The molecule has 5 nitrogen and oxygen atoms in total. The predicted molar refractivity (Wildman–Crippen MR) is 71.9 cm³/mol. The Morgan fingerprint density at radius 1 is 1.39 bits per heavy atom. The summed E-state index contributed by atoms with van der Waals surface area (Å²) in [5.41, 5.74) is 6.11. The third-order valence-corrected chi connectivity index (χ3v) is 3.44. The van der Waals surface area contributed by atoms with E-state index >= 15 is 0 Å². The maximum Gasteiger partial charge on any atom is 0.227 e. The van der Waals surface area contributed by atoms with Gasteiger partial charge >= 0.3 is 0 Å². The number of fused-ring (bicyclic) bond motifs is 1. The van der Waals surface area contributed by atoms with Gasteiger partial charge < -0.3 is 4.90 Å². The number of carbonyl (C=O) groups is 1. The summed E-state index contributed by atoms with van der Waals surface area (Å²) in [6, 6.07) is 6.14. The summed E-state index contributed by atoms with van der Waals surface area (Å²) in [5, 5.41) is 0. The van der Waals surface area contributed by atoms with Gasteiger partial charge in [-0.25, -0.2) is 5.43 Å². The Morgan fingerprint density at radius 2 is 2.11 bits per heavy atom. The molecule has 1 atom stereocenters. The molecule has 0 fully saturated rings. The van der Waals surface area contributed by atoms with Crippen molar-refractivity contribution in [1.82, 2.24) is 10.3 Å². The first kappa shape index (κ1) is 13.0. The molecule has 0 saturated carbocycles. The predicted octanol–water partition coefficient (Wildman–Crippen LogP) is 0.619. The number of nitrogens with two attached hydrogens (primary N) is 1.